The van der Waals surface area contributed by atoms with Crippen molar-refractivity contribution in [2.45, 2.75) is 46.4 Å². The van der Waals surface area contributed by atoms with Gasteiger partial charge in [0.2, 0.25) is 7.59 Å². The number of nitrogens with one attached hydrogen (secondary N) is 4. The Morgan fingerprint density at radius 2 is 1.05 bits per heavy atom. The molecule has 2 atom stereocenters. The molecule has 0 aromatic heterocycles. The van der Waals surface area contributed by atoms with Crippen molar-refractivity contribution >= 4 is 81.7 Å². The lowest BCUT2D eigenvalue weighted by molar-refractivity contribution is 0.235. The van der Waals surface area contributed by atoms with Gasteiger partial charge in [-0.2, -0.15) is 0 Å². The number of hydrogen-bond donors (Lipinski definition) is 4. The molecule has 0 fully saturated rings. The zero-order chi connectivity index (χ0) is 28.7. The lowest BCUT2D eigenvalue weighted by atomic mass is 10.1. The quantitative estimate of drug-likeness (QED) is 0.167. The van der Waals surface area contributed by atoms with Crippen molar-refractivity contribution in [3.63, 3.8) is 0 Å². The fourth-order valence-corrected chi connectivity index (χ4v) is 4.39. The van der Waals surface area contributed by atoms with Crippen LogP contribution in [0.4, 0.5) is 18.4 Å². The van der Waals surface area contributed by atoms with Crippen LogP contribution in [0.1, 0.15) is 47.2 Å². The highest BCUT2D eigenvalue weighted by molar-refractivity contribution is 6.68. The Kier molecular flexibility index (Phi) is 12.3. The summed E-state index contributed by atoms with van der Waals surface area (Å²) in [5.41, 5.74) is 1.41. The van der Waals surface area contributed by atoms with Gasteiger partial charge in [-0.05, 0) is 61.1 Å². The first-order valence-electron chi connectivity index (χ1n) is 11.3. The average molecular weight is 653 g/mol. The predicted molar refractivity (Wildman–Crippen MR) is 151 cm³/mol. The van der Waals surface area contributed by atoms with Crippen LogP contribution < -0.4 is 21.3 Å². The maximum absolute atomic E-state index is 14.0. The van der Waals surface area contributed by atoms with Gasteiger partial charge in [0, 0.05) is 13.1 Å². The van der Waals surface area contributed by atoms with Gasteiger partial charge >= 0.3 is 12.1 Å². The second-order valence-corrected chi connectivity index (χ2v) is 13.2. The van der Waals surface area contributed by atoms with Gasteiger partial charge in [0.25, 0.3) is 0 Å². The third kappa shape index (κ3) is 10.3. The number of carbonyl (C=O) groups excluding carboxylic acids is 2. The molecule has 0 saturated carbocycles. The summed E-state index contributed by atoms with van der Waals surface area (Å²) in [6.45, 7) is 3.66. The van der Waals surface area contributed by atoms with Gasteiger partial charge in [0.05, 0.1) is 0 Å². The number of alkyl halides is 6. The highest BCUT2D eigenvalue weighted by atomic mass is 35.6. The van der Waals surface area contributed by atoms with Gasteiger partial charge in [0.15, 0.2) is 0 Å². The molecule has 4 N–H and O–H groups in total. The van der Waals surface area contributed by atoms with Gasteiger partial charge in [-0.3, -0.25) is 0 Å². The Bertz CT molecular complexity index is 1040. The minimum absolute atomic E-state index is 0.239. The van der Waals surface area contributed by atoms with E-state index in [-0.39, 0.29) is 13.1 Å². The third-order valence-electron chi connectivity index (χ3n) is 5.44. The summed E-state index contributed by atoms with van der Waals surface area (Å²) >= 11 is 36.0. The predicted octanol–water partition coefficient (Wildman–Crippen LogP) is 7.48. The van der Waals surface area contributed by atoms with E-state index in [9.17, 15) is 18.4 Å². The molecule has 0 heterocycles. The molecule has 4 amide bonds. The lowest BCUT2D eigenvalue weighted by Crippen LogP contribution is -2.43. The normalized spacial score (nSPS) is 13.4. The van der Waals surface area contributed by atoms with E-state index in [0.717, 1.165) is 0 Å². The average Bonchev–Trinajstić information content (AvgIpc) is 2.80. The molecule has 210 valence electrons. The first-order valence-corrected chi connectivity index (χ1v) is 13.6. The molecule has 0 aliphatic heterocycles. The molecular weight excluding hydrogens is 627 g/mol. The number of benzene rings is 2. The van der Waals surface area contributed by atoms with E-state index in [4.69, 9.17) is 69.6 Å². The van der Waals surface area contributed by atoms with E-state index in [1.807, 2.05) is 0 Å². The summed E-state index contributed by atoms with van der Waals surface area (Å²) in [4.78, 5) is 24.7. The maximum Gasteiger partial charge on any atom is 0.315 e. The number of carbonyl (C=O) groups is 2. The van der Waals surface area contributed by atoms with Crippen LogP contribution in [0.2, 0.25) is 0 Å². The third-order valence-corrected chi connectivity index (χ3v) is 6.75. The first kappa shape index (κ1) is 32.8. The van der Waals surface area contributed by atoms with Crippen molar-refractivity contribution < 1.29 is 18.4 Å². The van der Waals surface area contributed by atoms with Crippen molar-refractivity contribution in [2.24, 2.45) is 0 Å². The molecule has 0 aliphatic carbocycles. The lowest BCUT2D eigenvalue weighted by Gasteiger charge is -2.26. The Morgan fingerprint density at radius 1 is 0.711 bits per heavy atom. The molecule has 14 heteroatoms. The molecule has 0 radical (unpaired) electrons. The summed E-state index contributed by atoms with van der Waals surface area (Å²) in [5, 5.41) is 10.3. The molecule has 6 nitrogen and oxygen atoms in total. The maximum atomic E-state index is 14.0. The van der Waals surface area contributed by atoms with Gasteiger partial charge in [0.1, 0.15) is 23.7 Å². The molecule has 2 aromatic carbocycles. The smallest absolute Gasteiger partial charge is 0.315 e. The number of halogens is 8. The van der Waals surface area contributed by atoms with Crippen LogP contribution in [-0.4, -0.2) is 32.7 Å². The van der Waals surface area contributed by atoms with Gasteiger partial charge in [-0.1, -0.05) is 93.9 Å². The Morgan fingerprint density at radius 3 is 1.34 bits per heavy atom. The fraction of sp³-hybridized carbons (Fsp3) is 0.417. The van der Waals surface area contributed by atoms with Crippen LogP contribution in [0.15, 0.2) is 36.4 Å². The van der Waals surface area contributed by atoms with Crippen LogP contribution in [0.5, 0.6) is 0 Å². The van der Waals surface area contributed by atoms with Crippen molar-refractivity contribution in [1.29, 1.82) is 0 Å². The van der Waals surface area contributed by atoms with Crippen LogP contribution in [0.3, 0.4) is 0 Å². The van der Waals surface area contributed by atoms with E-state index in [0.29, 0.717) is 35.1 Å². The number of hydrogen-bond acceptors (Lipinski definition) is 2. The van der Waals surface area contributed by atoms with E-state index >= 15 is 0 Å². The van der Waals surface area contributed by atoms with Gasteiger partial charge < -0.3 is 21.3 Å². The van der Waals surface area contributed by atoms with Crippen molar-refractivity contribution in [1.82, 2.24) is 21.3 Å². The Balaban J connectivity index is 1.79. The van der Waals surface area contributed by atoms with Crippen LogP contribution in [0, 0.1) is 25.5 Å². The summed E-state index contributed by atoms with van der Waals surface area (Å²) < 4.78 is 24.1. The number of urea groups is 2. The SMILES string of the molecule is Cc1ccc(C(NC(=O)NCCCCNC(=O)NC(c2ccc(C)c(F)c2)C(Cl)(Cl)Cl)C(Cl)(Cl)Cl)cc1F. The minimum atomic E-state index is -1.93. The minimum Gasteiger partial charge on any atom is -0.338 e. The number of unbranched alkanes of at least 4 members (excludes halogenated alkanes) is 1. The molecule has 0 aliphatic rings. The number of amides is 4. The summed E-state index contributed by atoms with van der Waals surface area (Å²) in [6, 6.07) is 5.11. The number of aryl methyl sites for hydroxylation is 2. The molecule has 0 bridgehead atoms. The van der Waals surface area contributed by atoms with Crippen LogP contribution in [-0.2, 0) is 0 Å². The summed E-state index contributed by atoms with van der Waals surface area (Å²) in [6.07, 6.45) is 0.977. The van der Waals surface area contributed by atoms with E-state index in [1.54, 1.807) is 26.0 Å². The molecule has 38 heavy (non-hydrogen) atoms. The van der Waals surface area contributed by atoms with Gasteiger partial charge in [-0.15, -0.1) is 0 Å². The monoisotopic (exact) mass is 650 g/mol. The van der Waals surface area contributed by atoms with E-state index < -0.39 is 43.4 Å². The molecule has 2 unspecified atom stereocenters. The summed E-state index contributed by atoms with van der Waals surface area (Å²) in [7, 11) is 0. The Labute approximate surface area is 250 Å². The van der Waals surface area contributed by atoms with E-state index in [1.165, 1.54) is 24.3 Å². The highest BCUT2D eigenvalue weighted by Crippen LogP contribution is 2.41. The molecule has 0 spiro atoms. The molecular formula is C24H26Cl6F2N4O2. The first-order chi connectivity index (χ1) is 17.6. The van der Waals surface area contributed by atoms with Crippen LogP contribution >= 0.6 is 69.6 Å². The zero-order valence-corrected chi connectivity index (χ0v) is 24.8. The zero-order valence-electron chi connectivity index (χ0n) is 20.3. The van der Waals surface area contributed by atoms with Gasteiger partial charge in [-0.25, -0.2) is 18.4 Å². The number of rotatable bonds is 9. The van der Waals surface area contributed by atoms with Crippen LogP contribution in [0.25, 0.3) is 0 Å². The Hall–Kier alpha value is -1.42. The topological polar surface area (TPSA) is 82.3 Å². The standard InChI is InChI=1S/C24H26Cl6F2N4O2/c1-13-5-7-15(11-17(13)31)19(23(25,26)27)35-21(37)33-9-3-4-10-34-22(38)36-20(24(28,29)30)16-8-6-14(2)18(32)12-16/h5-8,11-12,19-20H,3-4,9-10H2,1-2H3,(H2,33,35,37)(H2,34,36,38). The highest BCUT2D eigenvalue weighted by Gasteiger charge is 2.36. The second kappa shape index (κ2) is 14.3. The molecule has 0 saturated heterocycles. The van der Waals surface area contributed by atoms with Crippen molar-refractivity contribution in [2.75, 3.05) is 13.1 Å². The molecule has 2 rings (SSSR count). The van der Waals surface area contributed by atoms with Crippen molar-refractivity contribution in [3.05, 3.63) is 70.3 Å². The largest absolute Gasteiger partial charge is 0.338 e. The summed E-state index contributed by atoms with van der Waals surface area (Å²) in [5.74, 6) is -0.988. The van der Waals surface area contributed by atoms with E-state index in [2.05, 4.69) is 21.3 Å². The fourth-order valence-electron chi connectivity index (χ4n) is 3.30. The second-order valence-electron chi connectivity index (χ2n) is 8.47. The van der Waals surface area contributed by atoms with Crippen molar-refractivity contribution in [3.8, 4) is 0 Å². The molecule has 2 aromatic rings.